The van der Waals surface area contributed by atoms with Crippen LogP contribution in [-0.4, -0.2) is 16.9 Å². The largest absolute Gasteiger partial charge is 0.481 e. The number of aliphatic carboxylic acids is 1. The third kappa shape index (κ3) is 2.13. The van der Waals surface area contributed by atoms with E-state index in [0.29, 0.717) is 29.9 Å². The van der Waals surface area contributed by atoms with Gasteiger partial charge in [0, 0.05) is 5.56 Å². The first-order chi connectivity index (χ1) is 9.54. The lowest BCUT2D eigenvalue weighted by atomic mass is 10.0. The van der Waals surface area contributed by atoms with Crippen LogP contribution >= 0.6 is 0 Å². The second kappa shape index (κ2) is 4.63. The van der Waals surface area contributed by atoms with Gasteiger partial charge in [-0.15, -0.1) is 0 Å². The second-order valence-electron chi connectivity index (χ2n) is 5.17. The molecule has 1 aromatic carbocycles. The van der Waals surface area contributed by atoms with Gasteiger partial charge in [0.05, 0.1) is 5.92 Å². The van der Waals surface area contributed by atoms with Gasteiger partial charge in [-0.2, -0.15) is 0 Å². The van der Waals surface area contributed by atoms with E-state index < -0.39 is 5.97 Å². The molecule has 0 spiro atoms. The fourth-order valence-corrected chi connectivity index (χ4v) is 2.63. The molecule has 1 aromatic heterocycles. The summed E-state index contributed by atoms with van der Waals surface area (Å²) in [5, 5.41) is 9.06. The summed E-state index contributed by atoms with van der Waals surface area (Å²) in [5.74, 6) is -0.313. The van der Waals surface area contributed by atoms with E-state index in [0.717, 1.165) is 11.1 Å². The first-order valence-electron chi connectivity index (χ1n) is 6.50. The first kappa shape index (κ1) is 12.7. The van der Waals surface area contributed by atoms with E-state index in [2.05, 4.69) is 0 Å². The number of carbonyl (C=O) groups is 2. The van der Waals surface area contributed by atoms with E-state index in [1.54, 1.807) is 31.2 Å². The molecule has 3 rings (SSSR count). The molecule has 4 nitrogen and oxygen atoms in total. The predicted molar refractivity (Wildman–Crippen MR) is 71.9 cm³/mol. The van der Waals surface area contributed by atoms with Crippen molar-refractivity contribution in [1.82, 2.24) is 0 Å². The zero-order valence-corrected chi connectivity index (χ0v) is 11.1. The molecule has 20 heavy (non-hydrogen) atoms. The Morgan fingerprint density at radius 2 is 1.90 bits per heavy atom. The van der Waals surface area contributed by atoms with Crippen molar-refractivity contribution in [3.63, 3.8) is 0 Å². The average Bonchev–Trinajstić information content (AvgIpc) is 3.02. The normalized spacial score (nSPS) is 16.9. The van der Waals surface area contributed by atoms with E-state index in [4.69, 9.17) is 9.52 Å². The van der Waals surface area contributed by atoms with Crippen molar-refractivity contribution in [2.24, 2.45) is 5.92 Å². The van der Waals surface area contributed by atoms with Gasteiger partial charge < -0.3 is 9.52 Å². The lowest BCUT2D eigenvalue weighted by Crippen LogP contribution is -2.12. The van der Waals surface area contributed by atoms with Crippen LogP contribution < -0.4 is 0 Å². The average molecular weight is 270 g/mol. The smallest absolute Gasteiger partial charge is 0.307 e. The van der Waals surface area contributed by atoms with Crippen molar-refractivity contribution >= 4 is 11.8 Å². The van der Waals surface area contributed by atoms with Gasteiger partial charge in [-0.25, -0.2) is 0 Å². The molecule has 1 N–H and O–H groups in total. The van der Waals surface area contributed by atoms with Crippen molar-refractivity contribution in [2.75, 3.05) is 0 Å². The summed E-state index contributed by atoms with van der Waals surface area (Å²) in [6, 6.07) is 8.79. The molecule has 1 unspecified atom stereocenters. The first-order valence-corrected chi connectivity index (χ1v) is 6.50. The summed E-state index contributed by atoms with van der Waals surface area (Å²) in [6.45, 7) is 1.79. The highest BCUT2D eigenvalue weighted by molar-refractivity contribution is 6.07. The zero-order chi connectivity index (χ0) is 14.3. The van der Waals surface area contributed by atoms with Gasteiger partial charge in [-0.3, -0.25) is 9.59 Å². The lowest BCUT2D eigenvalue weighted by molar-refractivity contribution is -0.141. The molecule has 0 fully saturated rings. The van der Waals surface area contributed by atoms with Crippen LogP contribution in [0.3, 0.4) is 0 Å². The number of carbonyl (C=O) groups excluding carboxylic acids is 1. The van der Waals surface area contributed by atoms with Crippen LogP contribution in [0.15, 0.2) is 34.7 Å². The molecule has 0 bridgehead atoms. The Balaban J connectivity index is 1.89. The number of rotatable bonds is 3. The van der Waals surface area contributed by atoms with Crippen LogP contribution in [0.5, 0.6) is 0 Å². The molecule has 0 saturated heterocycles. The zero-order valence-electron chi connectivity index (χ0n) is 11.1. The van der Waals surface area contributed by atoms with Gasteiger partial charge in [-0.1, -0.05) is 12.1 Å². The number of furan rings is 1. The molecule has 0 saturated carbocycles. The molecule has 1 atom stereocenters. The fourth-order valence-electron chi connectivity index (χ4n) is 2.63. The molecule has 102 valence electrons. The monoisotopic (exact) mass is 270 g/mol. The summed E-state index contributed by atoms with van der Waals surface area (Å²) in [7, 11) is 0. The molecule has 0 radical (unpaired) electrons. The summed E-state index contributed by atoms with van der Waals surface area (Å²) in [5.41, 5.74) is 2.51. The quantitative estimate of drug-likeness (QED) is 0.870. The molecule has 4 heteroatoms. The molecular formula is C16H14O4. The van der Waals surface area contributed by atoms with Crippen LogP contribution in [0.2, 0.25) is 0 Å². The molecule has 1 aliphatic carbocycles. The topological polar surface area (TPSA) is 67.5 Å². The van der Waals surface area contributed by atoms with E-state index in [-0.39, 0.29) is 11.7 Å². The number of hydrogen-bond acceptors (Lipinski definition) is 3. The number of aryl methyl sites for hydroxylation is 1. The number of ketones is 1. The molecule has 0 amide bonds. The van der Waals surface area contributed by atoms with Crippen molar-refractivity contribution in [2.45, 2.75) is 19.8 Å². The van der Waals surface area contributed by atoms with Crippen LogP contribution in [0.1, 0.15) is 33.0 Å². The Morgan fingerprint density at radius 1 is 1.15 bits per heavy atom. The SMILES string of the molecule is Cc1ccc(C(=O)c2ccc3c(c2)CC(C(=O)O)C3)o1. The van der Waals surface area contributed by atoms with Crippen molar-refractivity contribution in [1.29, 1.82) is 0 Å². The Hall–Kier alpha value is -2.36. The Kier molecular flexibility index (Phi) is 2.93. The summed E-state index contributed by atoms with van der Waals surface area (Å²) in [6.07, 6.45) is 1.03. The molecule has 2 aromatic rings. The highest BCUT2D eigenvalue weighted by atomic mass is 16.4. The van der Waals surface area contributed by atoms with Gasteiger partial charge >= 0.3 is 5.97 Å². The van der Waals surface area contributed by atoms with E-state index in [1.165, 1.54) is 0 Å². The minimum Gasteiger partial charge on any atom is -0.481 e. The predicted octanol–water partition coefficient (Wildman–Crippen LogP) is 2.62. The summed E-state index contributed by atoms with van der Waals surface area (Å²) in [4.78, 5) is 23.3. The number of benzene rings is 1. The number of fused-ring (bicyclic) bond motifs is 1. The summed E-state index contributed by atoms with van der Waals surface area (Å²) < 4.78 is 5.33. The van der Waals surface area contributed by atoms with Crippen molar-refractivity contribution < 1.29 is 19.1 Å². The maximum Gasteiger partial charge on any atom is 0.307 e. The van der Waals surface area contributed by atoms with E-state index in [1.807, 2.05) is 6.07 Å². The maximum absolute atomic E-state index is 12.3. The number of carboxylic acid groups (broad SMARTS) is 1. The van der Waals surface area contributed by atoms with Gasteiger partial charge in [0.15, 0.2) is 5.76 Å². The Morgan fingerprint density at radius 3 is 2.55 bits per heavy atom. The minimum atomic E-state index is -0.782. The summed E-state index contributed by atoms with van der Waals surface area (Å²) >= 11 is 0. The highest BCUT2D eigenvalue weighted by Crippen LogP contribution is 2.28. The highest BCUT2D eigenvalue weighted by Gasteiger charge is 2.28. The molecule has 1 aliphatic rings. The maximum atomic E-state index is 12.3. The van der Waals surface area contributed by atoms with Gasteiger partial charge in [0.25, 0.3) is 0 Å². The van der Waals surface area contributed by atoms with Crippen molar-refractivity contribution in [3.8, 4) is 0 Å². The number of hydrogen-bond donors (Lipinski definition) is 1. The van der Waals surface area contributed by atoms with Crippen molar-refractivity contribution in [3.05, 3.63) is 58.5 Å². The fraction of sp³-hybridized carbons (Fsp3) is 0.250. The minimum absolute atomic E-state index is 0.167. The van der Waals surface area contributed by atoms with Gasteiger partial charge in [-0.05, 0) is 49.1 Å². The number of carboxylic acids is 1. The van der Waals surface area contributed by atoms with Crippen LogP contribution in [0, 0.1) is 12.8 Å². The Labute approximate surface area is 116 Å². The van der Waals surface area contributed by atoms with E-state index in [9.17, 15) is 9.59 Å². The van der Waals surface area contributed by atoms with Gasteiger partial charge in [0.1, 0.15) is 5.76 Å². The van der Waals surface area contributed by atoms with Crippen LogP contribution in [0.25, 0.3) is 0 Å². The van der Waals surface area contributed by atoms with Crippen LogP contribution in [-0.2, 0) is 17.6 Å². The molecule has 0 aliphatic heterocycles. The standard InChI is InChI=1S/C16H14O4/c1-9-2-5-14(20-9)15(17)11-4-3-10-6-13(16(18)19)8-12(10)7-11/h2-5,7,13H,6,8H2,1H3,(H,18,19). The molecular weight excluding hydrogens is 256 g/mol. The third-order valence-electron chi connectivity index (χ3n) is 3.71. The van der Waals surface area contributed by atoms with Gasteiger partial charge in [0.2, 0.25) is 5.78 Å². The lowest BCUT2D eigenvalue weighted by Gasteiger charge is -2.02. The third-order valence-corrected chi connectivity index (χ3v) is 3.71. The molecule has 1 heterocycles. The van der Waals surface area contributed by atoms with Crippen LogP contribution in [0.4, 0.5) is 0 Å². The second-order valence-corrected chi connectivity index (χ2v) is 5.17. The van der Waals surface area contributed by atoms with E-state index >= 15 is 0 Å². The Bertz CT molecular complexity index is 696.